The van der Waals surface area contributed by atoms with Crippen LogP contribution >= 0.6 is 45.3 Å². The molecule has 0 aliphatic heterocycles. The Labute approximate surface area is 105 Å². The molecule has 2 rings (SSSR count). The van der Waals surface area contributed by atoms with Crippen LogP contribution in [-0.4, -0.2) is 5.11 Å². The highest BCUT2D eigenvalue weighted by molar-refractivity contribution is 14.1. The second-order valence-electron chi connectivity index (χ2n) is 3.02. The van der Waals surface area contributed by atoms with E-state index in [4.69, 9.17) is 0 Å². The highest BCUT2D eigenvalue weighted by Crippen LogP contribution is 2.30. The van der Waals surface area contributed by atoms with E-state index in [0.717, 1.165) is 11.1 Å². The van der Waals surface area contributed by atoms with Gasteiger partial charge < -0.3 is 5.11 Å². The number of aliphatic hydroxyl groups is 1. The van der Waals surface area contributed by atoms with Gasteiger partial charge in [0.2, 0.25) is 0 Å². The quantitative estimate of drug-likeness (QED) is 0.827. The molecule has 2 aromatic heterocycles. The van der Waals surface area contributed by atoms with Crippen LogP contribution in [0.15, 0.2) is 22.9 Å². The van der Waals surface area contributed by atoms with Crippen molar-refractivity contribution in [1.82, 2.24) is 0 Å². The van der Waals surface area contributed by atoms with E-state index < -0.39 is 6.10 Å². The maximum atomic E-state index is 10.1. The summed E-state index contributed by atoms with van der Waals surface area (Å²) in [5.74, 6) is 0. The van der Waals surface area contributed by atoms with Crippen molar-refractivity contribution >= 4 is 45.3 Å². The van der Waals surface area contributed by atoms with Crippen LogP contribution in [0.3, 0.4) is 0 Å². The number of aryl methyl sites for hydroxylation is 1. The lowest BCUT2D eigenvalue weighted by atomic mass is 10.1. The van der Waals surface area contributed by atoms with Gasteiger partial charge in [0.15, 0.2) is 0 Å². The summed E-state index contributed by atoms with van der Waals surface area (Å²) in [6, 6.07) is 4.03. The summed E-state index contributed by atoms with van der Waals surface area (Å²) in [4.78, 5) is 1.19. The fraction of sp³-hybridized carbons (Fsp3) is 0.200. The molecule has 0 fully saturated rings. The molecule has 0 aliphatic carbocycles. The number of aliphatic hydroxyl groups excluding tert-OH is 1. The Kier molecular flexibility index (Phi) is 3.26. The van der Waals surface area contributed by atoms with Crippen LogP contribution in [0.25, 0.3) is 0 Å². The molecule has 0 aromatic carbocycles. The van der Waals surface area contributed by atoms with Crippen molar-refractivity contribution in [3.63, 3.8) is 0 Å². The van der Waals surface area contributed by atoms with Crippen LogP contribution in [0.2, 0.25) is 0 Å². The van der Waals surface area contributed by atoms with Gasteiger partial charge >= 0.3 is 0 Å². The van der Waals surface area contributed by atoms with Crippen LogP contribution in [0.4, 0.5) is 0 Å². The van der Waals surface area contributed by atoms with E-state index in [-0.39, 0.29) is 0 Å². The molecule has 1 N–H and O–H groups in total. The zero-order valence-electron chi connectivity index (χ0n) is 7.53. The van der Waals surface area contributed by atoms with Crippen molar-refractivity contribution in [3.8, 4) is 0 Å². The average molecular weight is 336 g/mol. The molecule has 1 atom stereocenters. The lowest BCUT2D eigenvalue weighted by Gasteiger charge is -2.07. The zero-order chi connectivity index (χ0) is 10.1. The van der Waals surface area contributed by atoms with E-state index in [1.165, 1.54) is 7.76 Å². The first-order chi connectivity index (χ1) is 6.68. The van der Waals surface area contributed by atoms with Gasteiger partial charge in [0.05, 0.1) is 2.88 Å². The summed E-state index contributed by atoms with van der Waals surface area (Å²) in [6.45, 7) is 2.04. The second kappa shape index (κ2) is 4.30. The van der Waals surface area contributed by atoms with Crippen LogP contribution in [-0.2, 0) is 0 Å². The molecule has 0 amide bonds. The van der Waals surface area contributed by atoms with Gasteiger partial charge in [0.25, 0.3) is 0 Å². The predicted octanol–water partition coefficient (Wildman–Crippen LogP) is 3.80. The van der Waals surface area contributed by atoms with Crippen molar-refractivity contribution in [1.29, 1.82) is 0 Å². The van der Waals surface area contributed by atoms with Gasteiger partial charge in [-0.2, -0.15) is 0 Å². The van der Waals surface area contributed by atoms with Gasteiger partial charge in [-0.25, -0.2) is 0 Å². The number of hydrogen-bond donors (Lipinski definition) is 1. The first-order valence-corrected chi connectivity index (χ1v) is 6.98. The van der Waals surface area contributed by atoms with E-state index in [1.54, 1.807) is 22.7 Å². The third-order valence-electron chi connectivity index (χ3n) is 2.10. The molecule has 1 unspecified atom stereocenters. The third kappa shape index (κ3) is 2.03. The summed E-state index contributed by atoms with van der Waals surface area (Å²) < 4.78 is 1.21. The normalized spacial score (nSPS) is 13.1. The first kappa shape index (κ1) is 10.6. The van der Waals surface area contributed by atoms with Crippen LogP contribution < -0.4 is 0 Å². The Hall–Kier alpha value is 0.0900. The van der Waals surface area contributed by atoms with E-state index >= 15 is 0 Å². The fourth-order valence-electron chi connectivity index (χ4n) is 1.32. The molecule has 74 valence electrons. The van der Waals surface area contributed by atoms with E-state index in [9.17, 15) is 5.11 Å². The van der Waals surface area contributed by atoms with Gasteiger partial charge in [-0.05, 0) is 63.5 Å². The Morgan fingerprint density at radius 1 is 1.43 bits per heavy atom. The minimum atomic E-state index is -0.457. The molecule has 14 heavy (non-hydrogen) atoms. The summed E-state index contributed by atoms with van der Waals surface area (Å²) in [7, 11) is 0. The zero-order valence-corrected chi connectivity index (χ0v) is 11.3. The van der Waals surface area contributed by atoms with Crippen molar-refractivity contribution < 1.29 is 5.11 Å². The van der Waals surface area contributed by atoms with E-state index in [0.29, 0.717) is 0 Å². The minimum Gasteiger partial charge on any atom is -0.384 e. The van der Waals surface area contributed by atoms with Crippen molar-refractivity contribution in [2.75, 3.05) is 0 Å². The molecule has 4 heteroatoms. The minimum absolute atomic E-state index is 0.457. The summed E-state index contributed by atoms with van der Waals surface area (Å²) in [5, 5.41) is 14.1. The molecule has 1 nitrogen and oxygen atoms in total. The van der Waals surface area contributed by atoms with Crippen LogP contribution in [0.5, 0.6) is 0 Å². The van der Waals surface area contributed by atoms with Crippen molar-refractivity contribution in [2.24, 2.45) is 0 Å². The number of rotatable bonds is 2. The second-order valence-corrected chi connectivity index (χ2v) is 6.94. The van der Waals surface area contributed by atoms with Gasteiger partial charge in [-0.1, -0.05) is 0 Å². The summed E-state index contributed by atoms with van der Waals surface area (Å²) in [6.07, 6.45) is -0.457. The van der Waals surface area contributed by atoms with Crippen molar-refractivity contribution in [2.45, 2.75) is 13.0 Å². The maximum absolute atomic E-state index is 10.1. The van der Waals surface area contributed by atoms with Gasteiger partial charge in [0.1, 0.15) is 6.10 Å². The van der Waals surface area contributed by atoms with E-state index in [1.807, 2.05) is 29.8 Å². The average Bonchev–Trinajstić information content (AvgIpc) is 2.73. The standard InChI is InChI=1S/C10H9IOS2/c1-6-8(2-3-13-6)10(12)7-4-9(11)14-5-7/h2-5,10,12H,1H3. The monoisotopic (exact) mass is 336 g/mol. The molecule has 0 bridgehead atoms. The van der Waals surface area contributed by atoms with Crippen LogP contribution in [0, 0.1) is 9.81 Å². The summed E-state index contributed by atoms with van der Waals surface area (Å²) >= 11 is 5.61. The van der Waals surface area contributed by atoms with Gasteiger partial charge in [-0.15, -0.1) is 22.7 Å². The van der Waals surface area contributed by atoms with Gasteiger partial charge in [0, 0.05) is 4.88 Å². The third-order valence-corrected chi connectivity index (χ3v) is 4.77. The number of thiophene rings is 2. The maximum Gasteiger partial charge on any atom is 0.106 e. The molecule has 0 saturated heterocycles. The summed E-state index contributed by atoms with van der Waals surface area (Å²) in [5.41, 5.74) is 2.03. The molecular formula is C10H9IOS2. The Balaban J connectivity index is 2.33. The Bertz CT molecular complexity index is 433. The predicted molar refractivity (Wildman–Crippen MR) is 70.2 cm³/mol. The SMILES string of the molecule is Cc1sccc1C(O)c1csc(I)c1. The largest absolute Gasteiger partial charge is 0.384 e. The molecule has 2 heterocycles. The molecule has 0 spiro atoms. The number of halogens is 1. The lowest BCUT2D eigenvalue weighted by Crippen LogP contribution is -1.97. The molecule has 0 saturated carbocycles. The Morgan fingerprint density at radius 3 is 2.71 bits per heavy atom. The Morgan fingerprint density at radius 2 is 2.21 bits per heavy atom. The van der Waals surface area contributed by atoms with E-state index in [2.05, 4.69) is 22.6 Å². The highest BCUT2D eigenvalue weighted by Gasteiger charge is 2.14. The molecule has 0 aliphatic rings. The highest BCUT2D eigenvalue weighted by atomic mass is 127. The fourth-order valence-corrected chi connectivity index (χ4v) is 3.45. The number of hydrogen-bond acceptors (Lipinski definition) is 3. The molecule has 0 radical (unpaired) electrons. The van der Waals surface area contributed by atoms with Crippen LogP contribution in [0.1, 0.15) is 22.1 Å². The van der Waals surface area contributed by atoms with Gasteiger partial charge in [-0.3, -0.25) is 0 Å². The molecular weight excluding hydrogens is 327 g/mol. The lowest BCUT2D eigenvalue weighted by molar-refractivity contribution is 0.220. The smallest absolute Gasteiger partial charge is 0.106 e. The topological polar surface area (TPSA) is 20.2 Å². The first-order valence-electron chi connectivity index (χ1n) is 4.14. The molecule has 2 aromatic rings. The van der Waals surface area contributed by atoms with Crippen molar-refractivity contribution in [3.05, 3.63) is 41.8 Å².